The van der Waals surface area contributed by atoms with Crippen LogP contribution in [0.15, 0.2) is 82.6 Å². The molecule has 0 aliphatic carbocycles. The van der Waals surface area contributed by atoms with Gasteiger partial charge in [0.15, 0.2) is 5.75 Å². The van der Waals surface area contributed by atoms with Crippen molar-refractivity contribution in [3.63, 3.8) is 0 Å². The number of anilines is 1. The summed E-state index contributed by atoms with van der Waals surface area (Å²) in [7, 11) is 6.02. The molecule has 1 aliphatic rings. The van der Waals surface area contributed by atoms with E-state index in [4.69, 9.17) is 32.4 Å². The zero-order valence-corrected chi connectivity index (χ0v) is 25.4. The third kappa shape index (κ3) is 3.78. The van der Waals surface area contributed by atoms with Crippen molar-refractivity contribution in [3.8, 4) is 5.75 Å². The van der Waals surface area contributed by atoms with E-state index in [9.17, 15) is 5.21 Å². The Hall–Kier alpha value is -4.59. The highest BCUT2D eigenvalue weighted by atomic mass is 35.5. The van der Waals surface area contributed by atoms with Gasteiger partial charge < -0.3 is 28.4 Å². The average Bonchev–Trinajstić information content (AvgIpc) is 3.65. The van der Waals surface area contributed by atoms with Crippen molar-refractivity contribution in [2.24, 2.45) is 14.1 Å². The van der Waals surface area contributed by atoms with Gasteiger partial charge in [0.2, 0.25) is 11.5 Å². The summed E-state index contributed by atoms with van der Waals surface area (Å²) in [6, 6.07) is 19.7. The number of allylic oxidation sites excluding steroid dienone is 2. The molecule has 1 aliphatic heterocycles. The molecule has 4 aromatic carbocycles. The summed E-state index contributed by atoms with van der Waals surface area (Å²) >= 11 is 12.6. The first-order valence-corrected chi connectivity index (χ1v) is 14.8. The van der Waals surface area contributed by atoms with E-state index in [0.29, 0.717) is 33.4 Å². The molecule has 0 fully saturated rings. The number of halogens is 2. The van der Waals surface area contributed by atoms with Gasteiger partial charge in [0.1, 0.15) is 0 Å². The molecule has 0 radical (unpaired) electrons. The van der Waals surface area contributed by atoms with Gasteiger partial charge in [-0.3, -0.25) is 0 Å². The van der Waals surface area contributed by atoms with Crippen LogP contribution >= 0.6 is 23.2 Å². The van der Waals surface area contributed by atoms with E-state index < -0.39 is 0 Å². The molecule has 0 atom stereocenters. The molecular weight excluding hydrogens is 583 g/mol. The van der Waals surface area contributed by atoms with Crippen molar-refractivity contribution in [3.05, 3.63) is 99.3 Å². The lowest BCUT2D eigenvalue weighted by atomic mass is 10.1. The number of aryl methyl sites for hydroxylation is 2. The van der Waals surface area contributed by atoms with Gasteiger partial charge in [0.05, 0.1) is 22.8 Å². The summed E-state index contributed by atoms with van der Waals surface area (Å²) in [5, 5.41) is 19.0. The Bertz CT molecular complexity index is 2390. The van der Waals surface area contributed by atoms with E-state index in [-0.39, 0.29) is 5.89 Å². The van der Waals surface area contributed by atoms with Crippen LogP contribution < -0.4 is 14.4 Å². The summed E-state index contributed by atoms with van der Waals surface area (Å²) < 4.78 is 17.5. The van der Waals surface area contributed by atoms with Gasteiger partial charge >= 0.3 is 5.89 Å². The van der Waals surface area contributed by atoms with Crippen molar-refractivity contribution in [2.75, 3.05) is 11.9 Å². The van der Waals surface area contributed by atoms with Crippen LogP contribution in [0.5, 0.6) is 5.75 Å². The first-order valence-electron chi connectivity index (χ1n) is 14.0. The SMILES string of the molecule is CCC(=C/c1oc2cc3c(cc2[n+]1[O-])c1cc(Cl)ccc1n3C)/C=C1/Oc2cc3c(cc2N1C)c1cc(Cl)ccc1n3C. The van der Waals surface area contributed by atoms with Gasteiger partial charge in [-0.2, -0.15) is 0 Å². The minimum Gasteiger partial charge on any atom is -0.615 e. The smallest absolute Gasteiger partial charge is 0.386 e. The topological polar surface area (TPSA) is 62.4 Å². The fourth-order valence-electron chi connectivity index (χ4n) is 6.33. The Morgan fingerprint density at radius 2 is 1.42 bits per heavy atom. The van der Waals surface area contributed by atoms with Gasteiger partial charge in [-0.15, -0.1) is 4.73 Å². The lowest BCUT2D eigenvalue weighted by molar-refractivity contribution is -0.585. The maximum absolute atomic E-state index is 13.5. The van der Waals surface area contributed by atoms with Gasteiger partial charge in [0.25, 0.3) is 5.52 Å². The number of ether oxygens (including phenoxy) is 1. The molecule has 8 rings (SSSR count). The van der Waals surface area contributed by atoms with E-state index in [1.165, 1.54) is 0 Å². The van der Waals surface area contributed by atoms with E-state index in [0.717, 1.165) is 65.4 Å². The van der Waals surface area contributed by atoms with Crippen LogP contribution in [0, 0.1) is 5.21 Å². The number of aromatic nitrogens is 3. The Morgan fingerprint density at radius 1 is 0.814 bits per heavy atom. The van der Waals surface area contributed by atoms with Crippen molar-refractivity contribution in [1.29, 1.82) is 0 Å². The predicted octanol–water partition coefficient (Wildman–Crippen LogP) is 8.83. The summed E-state index contributed by atoms with van der Waals surface area (Å²) in [6.45, 7) is 2.04. The Balaban J connectivity index is 1.19. The molecule has 214 valence electrons. The van der Waals surface area contributed by atoms with Crippen LogP contribution in [0.4, 0.5) is 5.69 Å². The maximum atomic E-state index is 13.5. The molecule has 3 aromatic heterocycles. The lowest BCUT2D eigenvalue weighted by Crippen LogP contribution is -2.27. The van der Waals surface area contributed by atoms with E-state index in [1.54, 1.807) is 6.08 Å². The van der Waals surface area contributed by atoms with E-state index >= 15 is 0 Å². The Morgan fingerprint density at radius 3 is 2.07 bits per heavy atom. The van der Waals surface area contributed by atoms with Crippen molar-refractivity contribution < 1.29 is 13.9 Å². The second-order valence-corrected chi connectivity index (χ2v) is 11.9. The number of benzene rings is 4. The van der Waals surface area contributed by atoms with Crippen LogP contribution in [0.3, 0.4) is 0 Å². The normalized spacial score (nSPS) is 14.8. The molecule has 0 N–H and O–H groups in total. The number of fused-ring (bicyclic) bond motifs is 8. The zero-order chi connectivity index (χ0) is 29.7. The summed E-state index contributed by atoms with van der Waals surface area (Å²) in [6.07, 6.45) is 4.41. The second kappa shape index (κ2) is 9.20. The van der Waals surface area contributed by atoms with Crippen LogP contribution in [0.25, 0.3) is 60.8 Å². The van der Waals surface area contributed by atoms with Gasteiger partial charge in [-0.1, -0.05) is 30.1 Å². The van der Waals surface area contributed by atoms with Crippen LogP contribution in [0.2, 0.25) is 10.0 Å². The quantitative estimate of drug-likeness (QED) is 0.148. The van der Waals surface area contributed by atoms with E-state index in [2.05, 4.69) is 21.3 Å². The minimum absolute atomic E-state index is 0.216. The van der Waals surface area contributed by atoms with Crippen molar-refractivity contribution in [2.45, 2.75) is 13.3 Å². The number of oxazole rings is 1. The standard InChI is InChI=1S/C34H26Cl2N4O3/c1-5-18(10-33-39(4)29-14-23-21-12-19(35)6-8-25(21)37(2)27(23)16-31(29)42-33)11-34-40(41)30-15-24-22-13-20(36)7-9-26(22)38(3)28(24)17-32(30)43-34/h6-17H,5H2,1-4H3/b18-11-,33-10+. The van der Waals surface area contributed by atoms with Crippen LogP contribution in [-0.4, -0.2) is 16.2 Å². The first kappa shape index (κ1) is 26.1. The Kier molecular flexibility index (Phi) is 5.58. The molecule has 7 aromatic rings. The third-order valence-electron chi connectivity index (χ3n) is 8.66. The summed E-state index contributed by atoms with van der Waals surface area (Å²) in [4.78, 5) is 2.02. The fraction of sp³-hybridized carbons (Fsp3) is 0.147. The number of rotatable bonds is 3. The summed E-state index contributed by atoms with van der Waals surface area (Å²) in [5.41, 5.74) is 7.02. The minimum atomic E-state index is 0.216. The summed E-state index contributed by atoms with van der Waals surface area (Å²) in [5.74, 6) is 1.66. The highest BCUT2D eigenvalue weighted by Crippen LogP contribution is 2.44. The van der Waals surface area contributed by atoms with Crippen molar-refractivity contribution in [1.82, 2.24) is 9.13 Å². The number of hydrogen-bond acceptors (Lipinski definition) is 4. The molecule has 43 heavy (non-hydrogen) atoms. The first-order chi connectivity index (χ1) is 20.7. The molecule has 0 saturated heterocycles. The Labute approximate surface area is 256 Å². The highest BCUT2D eigenvalue weighted by Gasteiger charge is 2.26. The molecule has 7 nitrogen and oxygen atoms in total. The molecule has 0 bridgehead atoms. The van der Waals surface area contributed by atoms with Gasteiger partial charge in [-0.05, 0) is 54.5 Å². The third-order valence-corrected chi connectivity index (χ3v) is 9.13. The van der Waals surface area contributed by atoms with Gasteiger partial charge in [-0.25, -0.2) is 0 Å². The molecule has 0 saturated carbocycles. The maximum Gasteiger partial charge on any atom is 0.386 e. The van der Waals surface area contributed by atoms with Gasteiger partial charge in [0, 0.05) is 88.0 Å². The fourth-order valence-corrected chi connectivity index (χ4v) is 6.67. The second-order valence-electron chi connectivity index (χ2n) is 11.1. The van der Waals surface area contributed by atoms with Crippen LogP contribution in [0.1, 0.15) is 19.2 Å². The molecular formula is C34H26Cl2N4O3. The lowest BCUT2D eigenvalue weighted by Gasteiger charge is -2.11. The largest absolute Gasteiger partial charge is 0.615 e. The van der Waals surface area contributed by atoms with E-state index in [1.807, 2.05) is 87.6 Å². The van der Waals surface area contributed by atoms with Crippen molar-refractivity contribution >= 4 is 89.7 Å². The molecule has 9 heteroatoms. The molecule has 0 spiro atoms. The average molecular weight is 610 g/mol. The molecule has 0 amide bonds. The molecule has 0 unspecified atom stereocenters. The zero-order valence-electron chi connectivity index (χ0n) is 23.9. The molecule has 4 heterocycles. The number of hydrogen-bond donors (Lipinski definition) is 0. The highest BCUT2D eigenvalue weighted by molar-refractivity contribution is 6.32. The number of nitrogens with zero attached hydrogens (tertiary/aromatic N) is 4. The monoisotopic (exact) mass is 608 g/mol. The van der Waals surface area contributed by atoms with Crippen LogP contribution in [-0.2, 0) is 14.1 Å². The predicted molar refractivity (Wildman–Crippen MR) is 175 cm³/mol.